The molecular formula is C15H21NaO7S. The van der Waals surface area contributed by atoms with E-state index in [0.717, 1.165) is 0 Å². The maximum atomic E-state index is 10.2. The number of aliphatic carboxylic acids is 2. The van der Waals surface area contributed by atoms with Gasteiger partial charge in [0.2, 0.25) is 0 Å². The Bertz CT molecular complexity index is 598. The first kappa shape index (κ1) is 25.2. The van der Waals surface area contributed by atoms with Crippen molar-refractivity contribution in [3.8, 4) is 0 Å². The summed E-state index contributed by atoms with van der Waals surface area (Å²) in [6.07, 6.45) is 1.18. The van der Waals surface area contributed by atoms with Crippen LogP contribution < -0.4 is 29.6 Å². The van der Waals surface area contributed by atoms with Crippen molar-refractivity contribution in [2.45, 2.75) is 38.4 Å². The maximum Gasteiger partial charge on any atom is 1.00 e. The average molecular weight is 368 g/mol. The van der Waals surface area contributed by atoms with E-state index in [-0.39, 0.29) is 29.6 Å². The van der Waals surface area contributed by atoms with Gasteiger partial charge in [-0.25, -0.2) is 0 Å². The van der Waals surface area contributed by atoms with E-state index in [1.165, 1.54) is 18.4 Å². The van der Waals surface area contributed by atoms with Gasteiger partial charge in [-0.1, -0.05) is 32.8 Å². The largest absolute Gasteiger partial charge is 1.00 e. The van der Waals surface area contributed by atoms with Crippen molar-refractivity contribution in [3.05, 3.63) is 41.8 Å². The van der Waals surface area contributed by atoms with Gasteiger partial charge in [-0.15, -0.1) is 12.1 Å². The van der Waals surface area contributed by atoms with Gasteiger partial charge in [0.1, 0.15) is 0 Å². The standard InChI is InChI=1S/C11H15.C4H6O7S.Na/c1-3-10(4-2)11-8-6-5-7-9-11;5-3(6)1-2(4(7)8)12(9,10)11;/h5-9H,3-4H2,1-2H3;2H,1H2,(H,5,6)(H,7,8)(H,9,10,11);/q-1;;+1. The molecule has 1 atom stereocenters. The Kier molecular flexibility index (Phi) is 12.9. The molecule has 1 aromatic rings. The minimum atomic E-state index is -4.84. The van der Waals surface area contributed by atoms with Gasteiger partial charge in [-0.2, -0.15) is 32.0 Å². The molecule has 0 spiro atoms. The third kappa shape index (κ3) is 9.94. The Hall–Kier alpha value is -1.06. The van der Waals surface area contributed by atoms with Crippen molar-refractivity contribution < 1.29 is 62.3 Å². The summed E-state index contributed by atoms with van der Waals surface area (Å²) in [5, 5.41) is 13.9. The molecule has 130 valence electrons. The van der Waals surface area contributed by atoms with Gasteiger partial charge in [0.15, 0.2) is 5.25 Å². The van der Waals surface area contributed by atoms with E-state index in [1.54, 1.807) is 5.92 Å². The molecule has 9 heteroatoms. The molecule has 0 saturated heterocycles. The molecule has 0 saturated carbocycles. The van der Waals surface area contributed by atoms with Crippen LogP contribution in [0.25, 0.3) is 0 Å². The predicted octanol–water partition coefficient (Wildman–Crippen LogP) is -0.765. The Morgan fingerprint density at radius 2 is 1.54 bits per heavy atom. The molecule has 0 aliphatic carbocycles. The third-order valence-electron chi connectivity index (χ3n) is 3.03. The number of carboxylic acids is 2. The molecule has 1 aromatic carbocycles. The number of carbonyl (C=O) groups is 2. The molecule has 0 heterocycles. The van der Waals surface area contributed by atoms with Gasteiger partial charge >= 0.3 is 41.5 Å². The second-order valence-corrected chi connectivity index (χ2v) is 6.22. The fourth-order valence-corrected chi connectivity index (χ4v) is 2.42. The minimum Gasteiger partial charge on any atom is -0.481 e. The van der Waals surface area contributed by atoms with Crippen LogP contribution in [0.5, 0.6) is 0 Å². The molecule has 1 unspecified atom stereocenters. The summed E-state index contributed by atoms with van der Waals surface area (Å²) in [6, 6.07) is 10.6. The molecule has 1 rings (SSSR count). The van der Waals surface area contributed by atoms with Crippen molar-refractivity contribution >= 4 is 22.1 Å². The Morgan fingerprint density at radius 1 is 1.08 bits per heavy atom. The number of carboxylic acid groups (broad SMARTS) is 2. The second-order valence-electron chi connectivity index (χ2n) is 4.62. The third-order valence-corrected chi connectivity index (χ3v) is 4.12. The molecule has 3 N–H and O–H groups in total. The van der Waals surface area contributed by atoms with Crippen LogP contribution in [0.1, 0.15) is 38.7 Å². The van der Waals surface area contributed by atoms with Crippen molar-refractivity contribution in [3.63, 3.8) is 0 Å². The van der Waals surface area contributed by atoms with Gasteiger partial charge < -0.3 is 10.2 Å². The van der Waals surface area contributed by atoms with Crippen LogP contribution in [-0.2, 0) is 19.7 Å². The molecule has 24 heavy (non-hydrogen) atoms. The smallest absolute Gasteiger partial charge is 0.481 e. The predicted molar refractivity (Wildman–Crippen MR) is 84.6 cm³/mol. The molecular weight excluding hydrogens is 347 g/mol. The molecule has 0 fully saturated rings. The Labute approximate surface area is 164 Å². The second kappa shape index (κ2) is 12.3. The molecule has 0 aliphatic heterocycles. The number of benzene rings is 1. The van der Waals surface area contributed by atoms with E-state index in [0.29, 0.717) is 0 Å². The van der Waals surface area contributed by atoms with Crippen molar-refractivity contribution in [1.29, 1.82) is 0 Å². The van der Waals surface area contributed by atoms with Crippen LogP contribution in [0.3, 0.4) is 0 Å². The Morgan fingerprint density at radius 3 is 1.79 bits per heavy atom. The fraction of sp³-hybridized carbons (Fsp3) is 0.400. The fourth-order valence-electron chi connectivity index (χ4n) is 1.81. The summed E-state index contributed by atoms with van der Waals surface area (Å²) in [7, 11) is -4.84. The summed E-state index contributed by atoms with van der Waals surface area (Å²) < 4.78 is 28.7. The van der Waals surface area contributed by atoms with E-state index in [1.807, 2.05) is 0 Å². The monoisotopic (exact) mass is 368 g/mol. The number of hydrogen-bond donors (Lipinski definition) is 3. The zero-order chi connectivity index (χ0) is 18.0. The SMILES string of the molecule is CC[C-](CC)c1ccccc1.O=C(O)CC(C(=O)O)S(=O)(=O)O.[Na+]. The van der Waals surface area contributed by atoms with Gasteiger partial charge in [-0.3, -0.25) is 14.1 Å². The van der Waals surface area contributed by atoms with Crippen molar-refractivity contribution in [2.24, 2.45) is 0 Å². The van der Waals surface area contributed by atoms with E-state index >= 15 is 0 Å². The molecule has 0 radical (unpaired) electrons. The molecule has 0 amide bonds. The minimum absolute atomic E-state index is 0. The Balaban J connectivity index is 0. The van der Waals surface area contributed by atoms with E-state index < -0.39 is 33.7 Å². The first-order valence-corrected chi connectivity index (χ1v) is 8.44. The number of rotatable bonds is 7. The first-order valence-electron chi connectivity index (χ1n) is 6.94. The van der Waals surface area contributed by atoms with Crippen LogP contribution in [0.15, 0.2) is 30.3 Å². The number of hydrogen-bond acceptors (Lipinski definition) is 4. The van der Waals surface area contributed by atoms with Gasteiger partial charge in [-0.05, 0) is 0 Å². The molecule has 7 nitrogen and oxygen atoms in total. The summed E-state index contributed by atoms with van der Waals surface area (Å²) in [5.74, 6) is -1.95. The van der Waals surface area contributed by atoms with Crippen LogP contribution in [-0.4, -0.2) is 40.4 Å². The molecule has 0 aliphatic rings. The van der Waals surface area contributed by atoms with Crippen LogP contribution in [0.2, 0.25) is 0 Å². The molecule has 0 aromatic heterocycles. The van der Waals surface area contributed by atoms with Crippen molar-refractivity contribution in [1.82, 2.24) is 0 Å². The van der Waals surface area contributed by atoms with Crippen LogP contribution in [0.4, 0.5) is 0 Å². The first-order chi connectivity index (χ1) is 10.6. The average Bonchev–Trinajstić information content (AvgIpc) is 2.46. The van der Waals surface area contributed by atoms with E-state index in [9.17, 15) is 18.0 Å². The summed E-state index contributed by atoms with van der Waals surface area (Å²) >= 11 is 0. The summed E-state index contributed by atoms with van der Waals surface area (Å²) in [5.41, 5.74) is 1.40. The van der Waals surface area contributed by atoms with Crippen LogP contribution in [0, 0.1) is 5.92 Å². The molecule has 0 bridgehead atoms. The quantitative estimate of drug-likeness (QED) is 0.328. The van der Waals surface area contributed by atoms with Gasteiger partial charge in [0, 0.05) is 0 Å². The van der Waals surface area contributed by atoms with E-state index in [2.05, 4.69) is 44.2 Å². The normalized spacial score (nSPS) is 11.3. The van der Waals surface area contributed by atoms with Crippen molar-refractivity contribution in [2.75, 3.05) is 0 Å². The van der Waals surface area contributed by atoms with Gasteiger partial charge in [0.05, 0.1) is 6.42 Å². The van der Waals surface area contributed by atoms with Crippen LogP contribution >= 0.6 is 0 Å². The topological polar surface area (TPSA) is 129 Å². The zero-order valence-corrected chi connectivity index (χ0v) is 16.8. The van der Waals surface area contributed by atoms with Gasteiger partial charge in [0.25, 0.3) is 10.1 Å². The summed E-state index contributed by atoms with van der Waals surface area (Å²) in [6.45, 7) is 4.43. The summed E-state index contributed by atoms with van der Waals surface area (Å²) in [4.78, 5) is 20.0. The maximum absolute atomic E-state index is 10.2. The zero-order valence-electron chi connectivity index (χ0n) is 14.0. The van der Waals surface area contributed by atoms with E-state index in [4.69, 9.17) is 14.8 Å².